The Hall–Kier alpha value is -0.120. The lowest BCUT2D eigenvalue weighted by molar-refractivity contribution is 0.419. The Bertz CT molecular complexity index is 472. The molecule has 2 fully saturated rings. The SMILES string of the molecule is CNC(c1cccc(C2CCC2)c1)C1CSC(C)C(C)S1. The van der Waals surface area contributed by atoms with Crippen molar-refractivity contribution in [2.45, 2.75) is 60.8 Å². The molecule has 0 aromatic heterocycles. The molecule has 1 aromatic rings. The van der Waals surface area contributed by atoms with Crippen molar-refractivity contribution in [3.05, 3.63) is 35.4 Å². The minimum absolute atomic E-state index is 0.484. The Morgan fingerprint density at radius 2 is 2.00 bits per heavy atom. The van der Waals surface area contributed by atoms with Gasteiger partial charge in [0.25, 0.3) is 0 Å². The number of nitrogens with one attached hydrogen (secondary N) is 1. The molecule has 1 saturated heterocycles. The van der Waals surface area contributed by atoms with E-state index in [0.29, 0.717) is 11.3 Å². The van der Waals surface area contributed by atoms with E-state index < -0.39 is 0 Å². The predicted octanol–water partition coefficient (Wildman–Crippen LogP) is 4.84. The van der Waals surface area contributed by atoms with Crippen molar-refractivity contribution in [2.75, 3.05) is 12.8 Å². The predicted molar refractivity (Wildman–Crippen MR) is 97.6 cm³/mol. The van der Waals surface area contributed by atoms with Gasteiger partial charge in [-0.1, -0.05) is 44.5 Å². The number of hydrogen-bond acceptors (Lipinski definition) is 3. The average Bonchev–Trinajstić information content (AvgIpc) is 2.42. The van der Waals surface area contributed by atoms with Crippen molar-refractivity contribution < 1.29 is 0 Å². The van der Waals surface area contributed by atoms with E-state index in [4.69, 9.17) is 0 Å². The molecule has 0 bridgehead atoms. The first-order valence-electron chi connectivity index (χ1n) is 8.23. The Balaban J connectivity index is 1.76. The molecule has 0 spiro atoms. The van der Waals surface area contributed by atoms with Crippen LogP contribution in [0.1, 0.15) is 56.2 Å². The molecule has 3 rings (SSSR count). The second kappa shape index (κ2) is 6.97. The Kier molecular flexibility index (Phi) is 5.23. The minimum Gasteiger partial charge on any atom is -0.312 e. The molecule has 3 heteroatoms. The van der Waals surface area contributed by atoms with Crippen LogP contribution in [0.2, 0.25) is 0 Å². The van der Waals surface area contributed by atoms with Crippen LogP contribution in [0.5, 0.6) is 0 Å². The van der Waals surface area contributed by atoms with Crippen LogP contribution in [0.4, 0.5) is 0 Å². The summed E-state index contributed by atoms with van der Waals surface area (Å²) in [6.07, 6.45) is 4.18. The third-order valence-electron chi connectivity index (χ3n) is 5.10. The quantitative estimate of drug-likeness (QED) is 0.852. The summed E-state index contributed by atoms with van der Waals surface area (Å²) >= 11 is 4.31. The molecule has 4 unspecified atom stereocenters. The van der Waals surface area contributed by atoms with Gasteiger partial charge in [0.05, 0.1) is 0 Å². The van der Waals surface area contributed by atoms with Crippen LogP contribution in [-0.4, -0.2) is 28.6 Å². The molecular formula is C18H27NS2. The molecule has 1 aliphatic heterocycles. The summed E-state index contributed by atoms with van der Waals surface area (Å²) in [6.45, 7) is 4.75. The van der Waals surface area contributed by atoms with Gasteiger partial charge in [0.2, 0.25) is 0 Å². The van der Waals surface area contributed by atoms with Crippen molar-refractivity contribution in [2.24, 2.45) is 0 Å². The molecule has 1 N–H and O–H groups in total. The molecule has 1 aliphatic carbocycles. The van der Waals surface area contributed by atoms with E-state index in [1.807, 2.05) is 0 Å². The summed E-state index contributed by atoms with van der Waals surface area (Å²) in [7, 11) is 2.12. The van der Waals surface area contributed by atoms with Gasteiger partial charge in [0, 0.05) is 27.5 Å². The van der Waals surface area contributed by atoms with E-state index in [-0.39, 0.29) is 0 Å². The van der Waals surface area contributed by atoms with Crippen LogP contribution < -0.4 is 5.32 Å². The lowest BCUT2D eigenvalue weighted by Crippen LogP contribution is -2.35. The largest absolute Gasteiger partial charge is 0.312 e. The fourth-order valence-electron chi connectivity index (χ4n) is 3.30. The van der Waals surface area contributed by atoms with Crippen molar-refractivity contribution >= 4 is 23.5 Å². The van der Waals surface area contributed by atoms with Crippen LogP contribution in [0.25, 0.3) is 0 Å². The number of rotatable bonds is 4. The van der Waals surface area contributed by atoms with Crippen LogP contribution in [0.3, 0.4) is 0 Å². The fraction of sp³-hybridized carbons (Fsp3) is 0.667. The molecule has 1 heterocycles. The van der Waals surface area contributed by atoms with E-state index in [2.05, 4.69) is 74.0 Å². The summed E-state index contributed by atoms with van der Waals surface area (Å²) in [4.78, 5) is 0. The van der Waals surface area contributed by atoms with Crippen LogP contribution >= 0.6 is 23.5 Å². The maximum atomic E-state index is 3.59. The molecule has 1 saturated carbocycles. The highest BCUT2D eigenvalue weighted by molar-refractivity contribution is 8.07. The molecule has 1 aromatic carbocycles. The van der Waals surface area contributed by atoms with E-state index >= 15 is 0 Å². The zero-order valence-corrected chi connectivity index (χ0v) is 15.0. The van der Waals surface area contributed by atoms with Crippen molar-refractivity contribution in [3.8, 4) is 0 Å². The van der Waals surface area contributed by atoms with Gasteiger partial charge in [0.15, 0.2) is 0 Å². The average molecular weight is 322 g/mol. The van der Waals surface area contributed by atoms with Crippen molar-refractivity contribution in [3.63, 3.8) is 0 Å². The third kappa shape index (κ3) is 3.46. The van der Waals surface area contributed by atoms with Crippen LogP contribution in [0.15, 0.2) is 24.3 Å². The highest BCUT2D eigenvalue weighted by Gasteiger charge is 2.31. The minimum atomic E-state index is 0.484. The standard InChI is InChI=1S/C18H27NS2/c1-12-13(2)21-17(11-20-12)18(19-3)16-9-5-8-15(10-16)14-6-4-7-14/h5,8-10,12-14,17-19H,4,6-7,11H2,1-3H3. The molecule has 1 nitrogen and oxygen atoms in total. The van der Waals surface area contributed by atoms with Crippen LogP contribution in [0, 0.1) is 0 Å². The van der Waals surface area contributed by atoms with Gasteiger partial charge in [-0.3, -0.25) is 0 Å². The summed E-state index contributed by atoms with van der Waals surface area (Å²) in [5, 5.41) is 5.81. The molecule has 2 aliphatic rings. The van der Waals surface area contributed by atoms with E-state index in [1.165, 1.54) is 30.6 Å². The van der Waals surface area contributed by atoms with E-state index in [1.54, 1.807) is 5.56 Å². The molecule has 116 valence electrons. The van der Waals surface area contributed by atoms with Crippen molar-refractivity contribution in [1.82, 2.24) is 5.32 Å². The normalized spacial score (nSPS) is 31.7. The Morgan fingerprint density at radius 1 is 1.19 bits per heavy atom. The topological polar surface area (TPSA) is 12.0 Å². The first-order valence-corrected chi connectivity index (χ1v) is 10.2. The summed E-state index contributed by atoms with van der Waals surface area (Å²) in [6, 6.07) is 9.86. The molecule has 21 heavy (non-hydrogen) atoms. The van der Waals surface area contributed by atoms with Gasteiger partial charge in [0.1, 0.15) is 0 Å². The van der Waals surface area contributed by atoms with Gasteiger partial charge in [-0.2, -0.15) is 23.5 Å². The molecule has 0 radical (unpaired) electrons. The van der Waals surface area contributed by atoms with Crippen molar-refractivity contribution in [1.29, 1.82) is 0 Å². The van der Waals surface area contributed by atoms with Crippen LogP contribution in [-0.2, 0) is 0 Å². The van der Waals surface area contributed by atoms with E-state index in [0.717, 1.165) is 16.4 Å². The number of benzene rings is 1. The second-order valence-corrected chi connectivity index (χ2v) is 9.51. The highest BCUT2D eigenvalue weighted by Crippen LogP contribution is 2.42. The van der Waals surface area contributed by atoms with Gasteiger partial charge in [-0.05, 0) is 36.9 Å². The third-order valence-corrected chi connectivity index (χ3v) is 8.60. The molecule has 0 amide bonds. The molecule has 4 atom stereocenters. The van der Waals surface area contributed by atoms with Gasteiger partial charge in [-0.15, -0.1) is 0 Å². The Labute approximate surface area is 138 Å². The first kappa shape index (κ1) is 15.8. The highest BCUT2D eigenvalue weighted by atomic mass is 32.2. The maximum absolute atomic E-state index is 3.59. The van der Waals surface area contributed by atoms with Gasteiger partial charge in [-0.25, -0.2) is 0 Å². The first-order chi connectivity index (χ1) is 10.2. The number of thioether (sulfide) groups is 2. The fourth-order valence-corrected chi connectivity index (χ4v) is 6.46. The van der Waals surface area contributed by atoms with Gasteiger partial charge < -0.3 is 5.32 Å². The smallest absolute Gasteiger partial charge is 0.0446 e. The summed E-state index contributed by atoms with van der Waals surface area (Å²) in [5.74, 6) is 2.09. The lowest BCUT2D eigenvalue weighted by atomic mass is 9.79. The Morgan fingerprint density at radius 3 is 2.62 bits per heavy atom. The summed E-state index contributed by atoms with van der Waals surface area (Å²) < 4.78 is 0. The monoisotopic (exact) mass is 321 g/mol. The molecular weight excluding hydrogens is 294 g/mol. The van der Waals surface area contributed by atoms with E-state index in [9.17, 15) is 0 Å². The maximum Gasteiger partial charge on any atom is 0.0446 e. The zero-order valence-electron chi connectivity index (χ0n) is 13.3. The number of hydrogen-bond donors (Lipinski definition) is 1. The zero-order chi connectivity index (χ0) is 14.8. The summed E-state index contributed by atoms with van der Waals surface area (Å²) in [5.41, 5.74) is 3.05. The second-order valence-electron chi connectivity index (χ2n) is 6.48. The lowest BCUT2D eigenvalue weighted by Gasteiger charge is -2.36. The van der Waals surface area contributed by atoms with Gasteiger partial charge >= 0.3 is 0 Å².